The molecule has 7 heteroatoms. The molecule has 0 saturated carbocycles. The zero-order valence-electron chi connectivity index (χ0n) is 16.5. The standard InChI is InChI=1S/C19H33N3O4/c1-5-8-19(4,6-2)26-14-18(3,13-25-16-23)17(24)21-9-7-11-22-12-10-20-15-22/h10,12,15-16H,5-9,11,13-14H2,1-4H3,(H,21,24). The fourth-order valence-electron chi connectivity index (χ4n) is 2.70. The molecule has 0 bridgehead atoms. The Kier molecular flexibility index (Phi) is 9.34. The second-order valence-corrected chi connectivity index (χ2v) is 7.22. The van der Waals surface area contributed by atoms with Gasteiger partial charge in [0.25, 0.3) is 6.47 Å². The molecule has 0 spiro atoms. The van der Waals surface area contributed by atoms with E-state index in [-0.39, 0.29) is 24.7 Å². The van der Waals surface area contributed by atoms with Gasteiger partial charge in [-0.3, -0.25) is 9.59 Å². The van der Waals surface area contributed by atoms with Crippen LogP contribution in [-0.4, -0.2) is 47.3 Å². The molecule has 0 fully saturated rings. The van der Waals surface area contributed by atoms with Gasteiger partial charge in [0.2, 0.25) is 5.91 Å². The Labute approximate surface area is 156 Å². The molecule has 0 saturated heterocycles. The van der Waals surface area contributed by atoms with Crippen LogP contribution in [0.5, 0.6) is 0 Å². The number of nitrogens with one attached hydrogen (secondary N) is 1. The summed E-state index contributed by atoms with van der Waals surface area (Å²) in [5, 5.41) is 2.93. The monoisotopic (exact) mass is 367 g/mol. The SMILES string of the molecule is CCCC(C)(CC)OCC(C)(COC=O)C(=O)NCCCn1ccnc1. The first-order chi connectivity index (χ1) is 12.4. The third-order valence-corrected chi connectivity index (χ3v) is 4.72. The first-order valence-corrected chi connectivity index (χ1v) is 9.32. The van der Waals surface area contributed by atoms with E-state index in [1.807, 2.05) is 10.8 Å². The third kappa shape index (κ3) is 7.15. The van der Waals surface area contributed by atoms with Gasteiger partial charge in [0.1, 0.15) is 12.0 Å². The maximum Gasteiger partial charge on any atom is 0.293 e. The van der Waals surface area contributed by atoms with Gasteiger partial charge >= 0.3 is 0 Å². The fourth-order valence-corrected chi connectivity index (χ4v) is 2.70. The second kappa shape index (κ2) is 11.0. The van der Waals surface area contributed by atoms with Gasteiger partial charge in [-0.25, -0.2) is 4.98 Å². The van der Waals surface area contributed by atoms with Crippen molar-refractivity contribution in [2.45, 2.75) is 65.5 Å². The quantitative estimate of drug-likeness (QED) is 0.404. The zero-order chi connectivity index (χ0) is 19.5. The number of carbonyl (C=O) groups is 2. The maximum atomic E-state index is 12.7. The van der Waals surface area contributed by atoms with Crippen molar-refractivity contribution in [3.63, 3.8) is 0 Å². The lowest BCUT2D eigenvalue weighted by molar-refractivity contribution is -0.150. The van der Waals surface area contributed by atoms with E-state index >= 15 is 0 Å². The van der Waals surface area contributed by atoms with Gasteiger partial charge in [0.05, 0.1) is 18.5 Å². The highest BCUT2D eigenvalue weighted by atomic mass is 16.5. The molecule has 2 atom stereocenters. The molecule has 26 heavy (non-hydrogen) atoms. The summed E-state index contributed by atoms with van der Waals surface area (Å²) in [5.74, 6) is -0.167. The number of aromatic nitrogens is 2. The molecule has 1 amide bonds. The average Bonchev–Trinajstić information content (AvgIpc) is 3.15. The van der Waals surface area contributed by atoms with E-state index in [1.54, 1.807) is 19.4 Å². The number of carbonyl (C=O) groups excluding carboxylic acids is 2. The van der Waals surface area contributed by atoms with E-state index in [2.05, 4.69) is 31.1 Å². The summed E-state index contributed by atoms with van der Waals surface area (Å²) in [6.45, 7) is 9.90. The normalized spacial score (nSPS) is 15.7. The van der Waals surface area contributed by atoms with Gasteiger partial charge in [-0.05, 0) is 33.1 Å². The summed E-state index contributed by atoms with van der Waals surface area (Å²) in [6, 6.07) is 0. The lowest BCUT2D eigenvalue weighted by Crippen LogP contribution is -2.47. The number of imidazole rings is 1. The highest BCUT2D eigenvalue weighted by Gasteiger charge is 2.37. The predicted octanol–water partition coefficient (Wildman–Crippen LogP) is 2.55. The fraction of sp³-hybridized carbons (Fsp3) is 0.737. The van der Waals surface area contributed by atoms with Gasteiger partial charge in [-0.1, -0.05) is 20.3 Å². The van der Waals surface area contributed by atoms with Crippen molar-refractivity contribution in [2.75, 3.05) is 19.8 Å². The minimum Gasteiger partial charge on any atom is -0.467 e. The van der Waals surface area contributed by atoms with Crippen LogP contribution in [0.25, 0.3) is 0 Å². The molecule has 1 aromatic rings. The molecule has 0 aliphatic heterocycles. The summed E-state index contributed by atoms with van der Waals surface area (Å²) in [7, 11) is 0. The highest BCUT2D eigenvalue weighted by molar-refractivity contribution is 5.82. The number of ether oxygens (including phenoxy) is 2. The lowest BCUT2D eigenvalue weighted by atomic mass is 9.90. The summed E-state index contributed by atoms with van der Waals surface area (Å²) < 4.78 is 13.0. The number of hydrogen-bond donors (Lipinski definition) is 1. The number of nitrogens with zero attached hydrogens (tertiary/aromatic N) is 2. The van der Waals surface area contributed by atoms with Gasteiger partial charge < -0.3 is 19.4 Å². The molecule has 0 aliphatic carbocycles. The van der Waals surface area contributed by atoms with E-state index in [9.17, 15) is 9.59 Å². The van der Waals surface area contributed by atoms with Crippen LogP contribution in [0.4, 0.5) is 0 Å². The Balaban J connectivity index is 2.57. The second-order valence-electron chi connectivity index (χ2n) is 7.22. The molecule has 1 rings (SSSR count). The van der Waals surface area contributed by atoms with Crippen LogP contribution in [0.3, 0.4) is 0 Å². The lowest BCUT2D eigenvalue weighted by Gasteiger charge is -2.34. The van der Waals surface area contributed by atoms with Gasteiger partial charge in [0, 0.05) is 25.5 Å². The van der Waals surface area contributed by atoms with Crippen molar-refractivity contribution in [1.82, 2.24) is 14.9 Å². The molecule has 7 nitrogen and oxygen atoms in total. The van der Waals surface area contributed by atoms with E-state index < -0.39 is 5.41 Å². The van der Waals surface area contributed by atoms with Crippen molar-refractivity contribution in [3.05, 3.63) is 18.7 Å². The molecule has 1 N–H and O–H groups in total. The summed E-state index contributed by atoms with van der Waals surface area (Å²) >= 11 is 0. The Morgan fingerprint density at radius 3 is 2.65 bits per heavy atom. The summed E-state index contributed by atoms with van der Waals surface area (Å²) in [5.41, 5.74) is -1.20. The predicted molar refractivity (Wildman–Crippen MR) is 99.5 cm³/mol. The minimum absolute atomic E-state index is 0.00419. The molecule has 1 aromatic heterocycles. The Morgan fingerprint density at radius 2 is 2.08 bits per heavy atom. The van der Waals surface area contributed by atoms with E-state index in [0.717, 1.165) is 32.2 Å². The van der Waals surface area contributed by atoms with Crippen LogP contribution in [0.2, 0.25) is 0 Å². The Bertz CT molecular complexity index is 535. The Morgan fingerprint density at radius 1 is 1.31 bits per heavy atom. The van der Waals surface area contributed by atoms with Crippen molar-refractivity contribution in [2.24, 2.45) is 5.41 Å². The van der Waals surface area contributed by atoms with E-state index in [4.69, 9.17) is 9.47 Å². The zero-order valence-corrected chi connectivity index (χ0v) is 16.5. The van der Waals surface area contributed by atoms with Crippen molar-refractivity contribution in [3.8, 4) is 0 Å². The Hall–Kier alpha value is -1.89. The summed E-state index contributed by atoms with van der Waals surface area (Å²) in [6.07, 6.45) is 8.93. The first kappa shape index (κ1) is 22.2. The first-order valence-electron chi connectivity index (χ1n) is 9.32. The van der Waals surface area contributed by atoms with Crippen LogP contribution < -0.4 is 5.32 Å². The van der Waals surface area contributed by atoms with Gasteiger partial charge in [-0.15, -0.1) is 0 Å². The van der Waals surface area contributed by atoms with E-state index in [0.29, 0.717) is 13.0 Å². The van der Waals surface area contributed by atoms with Crippen molar-refractivity contribution >= 4 is 12.4 Å². The van der Waals surface area contributed by atoms with Gasteiger partial charge in [-0.2, -0.15) is 0 Å². The van der Waals surface area contributed by atoms with Crippen molar-refractivity contribution in [1.29, 1.82) is 0 Å². The molecule has 0 aromatic carbocycles. The topological polar surface area (TPSA) is 82.5 Å². The van der Waals surface area contributed by atoms with Crippen molar-refractivity contribution < 1.29 is 19.1 Å². The number of amides is 1. The minimum atomic E-state index is -0.917. The van der Waals surface area contributed by atoms with E-state index in [1.165, 1.54) is 0 Å². The number of aryl methyl sites for hydroxylation is 1. The number of hydrogen-bond acceptors (Lipinski definition) is 5. The molecule has 0 aliphatic rings. The molecule has 1 heterocycles. The highest BCUT2D eigenvalue weighted by Crippen LogP contribution is 2.27. The molecule has 2 unspecified atom stereocenters. The average molecular weight is 367 g/mol. The number of rotatable bonds is 14. The molecule has 148 valence electrons. The van der Waals surface area contributed by atoms with Crippen LogP contribution in [0.1, 0.15) is 53.4 Å². The molecular weight excluding hydrogens is 334 g/mol. The molecule has 0 radical (unpaired) electrons. The largest absolute Gasteiger partial charge is 0.467 e. The third-order valence-electron chi connectivity index (χ3n) is 4.72. The van der Waals surface area contributed by atoms with Gasteiger partial charge in [0.15, 0.2) is 0 Å². The van der Waals surface area contributed by atoms with Crippen LogP contribution in [-0.2, 0) is 25.6 Å². The van der Waals surface area contributed by atoms with Crippen LogP contribution in [0, 0.1) is 5.41 Å². The van der Waals surface area contributed by atoms with Crippen LogP contribution >= 0.6 is 0 Å². The summed E-state index contributed by atoms with van der Waals surface area (Å²) in [4.78, 5) is 27.3. The van der Waals surface area contributed by atoms with Crippen LogP contribution in [0.15, 0.2) is 18.7 Å². The molecular formula is C19H33N3O4. The smallest absolute Gasteiger partial charge is 0.293 e. The maximum absolute atomic E-state index is 12.7.